The number of nitrogens with zero attached hydrogens (tertiary/aromatic N) is 8. The predicted molar refractivity (Wildman–Crippen MR) is 117 cm³/mol. The van der Waals surface area contributed by atoms with Gasteiger partial charge in [-0.1, -0.05) is 0 Å². The van der Waals surface area contributed by atoms with Crippen molar-refractivity contribution in [2.24, 2.45) is 33.6 Å². The molecule has 4 heterocycles. The zero-order valence-corrected chi connectivity index (χ0v) is 18.6. The number of aliphatic hydroxyl groups is 2. The summed E-state index contributed by atoms with van der Waals surface area (Å²) in [5, 5.41) is 20.5. The van der Waals surface area contributed by atoms with Crippen LogP contribution in [0, 0.1) is 5.41 Å². The molecule has 0 saturated carbocycles. The minimum absolute atomic E-state index is 0.0459. The topological polar surface area (TPSA) is 164 Å². The molecular weight excluding hydrogens is 436 g/mol. The van der Waals surface area contributed by atoms with Gasteiger partial charge in [0.2, 0.25) is 0 Å². The summed E-state index contributed by atoms with van der Waals surface area (Å²) >= 11 is 0. The van der Waals surface area contributed by atoms with Crippen LogP contribution in [0.4, 0.5) is 0 Å². The first-order chi connectivity index (χ1) is 15.6. The first-order valence-corrected chi connectivity index (χ1v) is 10.0. The molecule has 0 unspecified atom stereocenters. The van der Waals surface area contributed by atoms with Crippen molar-refractivity contribution in [2.45, 2.75) is 13.1 Å². The van der Waals surface area contributed by atoms with Gasteiger partial charge >= 0.3 is 11.4 Å². The lowest BCUT2D eigenvalue weighted by atomic mass is 9.89. The summed E-state index contributed by atoms with van der Waals surface area (Å²) in [5.41, 5.74) is -2.80. The summed E-state index contributed by atoms with van der Waals surface area (Å²) in [7, 11) is 5.68. The summed E-state index contributed by atoms with van der Waals surface area (Å²) < 4.78 is 7.31. The second-order valence-electron chi connectivity index (χ2n) is 8.32. The molecule has 176 valence electrons. The van der Waals surface area contributed by atoms with E-state index in [4.69, 9.17) is 0 Å². The lowest BCUT2D eigenvalue weighted by Crippen LogP contribution is -2.42. The Labute approximate surface area is 184 Å². The Morgan fingerprint density at radius 3 is 1.39 bits per heavy atom. The third-order valence-electron chi connectivity index (χ3n) is 6.12. The first kappa shape index (κ1) is 22.4. The Kier molecular flexibility index (Phi) is 5.21. The van der Waals surface area contributed by atoms with Crippen LogP contribution in [0.5, 0.6) is 0 Å². The van der Waals surface area contributed by atoms with Crippen molar-refractivity contribution in [3.8, 4) is 0 Å². The molecule has 0 aromatic carbocycles. The molecule has 33 heavy (non-hydrogen) atoms. The Bertz CT molecular complexity index is 1510. The molecule has 0 aliphatic heterocycles. The van der Waals surface area contributed by atoms with E-state index in [1.807, 2.05) is 0 Å². The van der Waals surface area contributed by atoms with Crippen LogP contribution in [-0.4, -0.2) is 60.8 Å². The fourth-order valence-electron chi connectivity index (χ4n) is 4.06. The van der Waals surface area contributed by atoms with Crippen molar-refractivity contribution in [2.75, 3.05) is 13.2 Å². The average molecular weight is 460 g/mol. The van der Waals surface area contributed by atoms with Gasteiger partial charge < -0.3 is 19.3 Å². The molecule has 0 fully saturated rings. The smallest absolute Gasteiger partial charge is 0.332 e. The molecular formula is C19H24N8O6. The molecule has 14 nitrogen and oxygen atoms in total. The van der Waals surface area contributed by atoms with Gasteiger partial charge in [0.1, 0.15) is 0 Å². The second kappa shape index (κ2) is 7.67. The summed E-state index contributed by atoms with van der Waals surface area (Å²) in [5.74, 6) is 0. The number of hydrogen-bond acceptors (Lipinski definition) is 8. The zero-order chi connectivity index (χ0) is 24.2. The van der Waals surface area contributed by atoms with E-state index in [-0.39, 0.29) is 35.4 Å². The number of rotatable bonds is 6. The highest BCUT2D eigenvalue weighted by atomic mass is 16.3. The highest BCUT2D eigenvalue weighted by molar-refractivity contribution is 5.70. The number of imidazole rings is 2. The normalized spacial score (nSPS) is 12.3. The molecule has 0 saturated heterocycles. The summed E-state index contributed by atoms with van der Waals surface area (Å²) in [6.07, 6.45) is 2.72. The lowest BCUT2D eigenvalue weighted by molar-refractivity contribution is 0.0267. The van der Waals surface area contributed by atoms with E-state index in [2.05, 4.69) is 9.97 Å². The van der Waals surface area contributed by atoms with E-state index >= 15 is 0 Å². The van der Waals surface area contributed by atoms with Gasteiger partial charge in [-0.2, -0.15) is 0 Å². The van der Waals surface area contributed by atoms with E-state index < -0.39 is 41.1 Å². The van der Waals surface area contributed by atoms with Crippen LogP contribution in [0.3, 0.4) is 0 Å². The van der Waals surface area contributed by atoms with Gasteiger partial charge in [-0.05, 0) is 0 Å². The van der Waals surface area contributed by atoms with Crippen molar-refractivity contribution in [1.82, 2.24) is 37.4 Å². The predicted octanol–water partition coefficient (Wildman–Crippen LogP) is -3.15. The molecule has 0 bridgehead atoms. The highest BCUT2D eigenvalue weighted by Crippen LogP contribution is 2.24. The van der Waals surface area contributed by atoms with Crippen molar-refractivity contribution < 1.29 is 10.2 Å². The first-order valence-electron chi connectivity index (χ1n) is 10.0. The van der Waals surface area contributed by atoms with E-state index in [1.54, 1.807) is 0 Å². The van der Waals surface area contributed by atoms with Gasteiger partial charge in [-0.3, -0.25) is 27.9 Å². The van der Waals surface area contributed by atoms with Crippen LogP contribution >= 0.6 is 0 Å². The van der Waals surface area contributed by atoms with Crippen LogP contribution in [0.1, 0.15) is 0 Å². The molecule has 0 aliphatic carbocycles. The Morgan fingerprint density at radius 1 is 0.697 bits per heavy atom. The molecule has 0 amide bonds. The number of hydrogen-bond donors (Lipinski definition) is 2. The van der Waals surface area contributed by atoms with Gasteiger partial charge in [0, 0.05) is 41.3 Å². The van der Waals surface area contributed by atoms with Gasteiger partial charge in [0.25, 0.3) is 11.1 Å². The van der Waals surface area contributed by atoms with E-state index in [0.717, 1.165) is 9.13 Å². The Balaban J connectivity index is 1.86. The second-order valence-corrected chi connectivity index (χ2v) is 8.32. The fourth-order valence-corrected chi connectivity index (χ4v) is 4.06. The molecule has 4 rings (SSSR count). The summed E-state index contributed by atoms with van der Waals surface area (Å²) in [6, 6.07) is 0. The SMILES string of the molecule is Cn1c(=O)c2c(ncn2CC(CO)(CO)Cn2cnc3c2c(=O)n(C)c(=O)n3C)n(C)c1=O. The van der Waals surface area contributed by atoms with Crippen molar-refractivity contribution >= 4 is 22.3 Å². The van der Waals surface area contributed by atoms with E-state index in [9.17, 15) is 29.4 Å². The number of aromatic nitrogens is 8. The molecule has 4 aromatic rings. The van der Waals surface area contributed by atoms with Gasteiger partial charge in [0.05, 0.1) is 31.3 Å². The summed E-state index contributed by atoms with van der Waals surface area (Å²) in [6.45, 7) is -1.09. The maximum atomic E-state index is 12.8. The molecule has 0 aliphatic rings. The quantitative estimate of drug-likeness (QED) is 0.305. The standard InChI is InChI=1S/C19H24N8O6/c1-22-13-11(15(30)24(3)17(22)32)26(9-20-13)5-19(7-28,8-29)6-27-10-21-14-12(27)16(31)25(4)18(33)23(14)2/h9-10,28-29H,5-8H2,1-4H3. The Morgan fingerprint density at radius 2 is 1.06 bits per heavy atom. The molecule has 4 aromatic heterocycles. The third kappa shape index (κ3) is 3.17. The Hall–Kier alpha value is -3.78. The molecule has 0 atom stereocenters. The van der Waals surface area contributed by atoms with E-state index in [1.165, 1.54) is 59.1 Å². The van der Waals surface area contributed by atoms with Gasteiger partial charge in [-0.25, -0.2) is 19.6 Å². The molecule has 14 heteroatoms. The zero-order valence-electron chi connectivity index (χ0n) is 18.6. The number of fused-ring (bicyclic) bond motifs is 2. The number of aryl methyl sites for hydroxylation is 2. The third-order valence-corrected chi connectivity index (χ3v) is 6.12. The minimum Gasteiger partial charge on any atom is -0.396 e. The van der Waals surface area contributed by atoms with Crippen LogP contribution in [0.15, 0.2) is 31.8 Å². The summed E-state index contributed by atoms with van der Waals surface area (Å²) in [4.78, 5) is 58.2. The van der Waals surface area contributed by atoms with Crippen LogP contribution < -0.4 is 22.5 Å². The lowest BCUT2D eigenvalue weighted by Gasteiger charge is -2.30. The van der Waals surface area contributed by atoms with Crippen LogP contribution in [0.2, 0.25) is 0 Å². The van der Waals surface area contributed by atoms with Crippen molar-refractivity contribution in [1.29, 1.82) is 0 Å². The van der Waals surface area contributed by atoms with Crippen molar-refractivity contribution in [3.05, 3.63) is 54.3 Å². The maximum Gasteiger partial charge on any atom is 0.332 e. The molecule has 0 spiro atoms. The maximum absolute atomic E-state index is 12.8. The van der Waals surface area contributed by atoms with Crippen LogP contribution in [0.25, 0.3) is 22.3 Å². The number of aliphatic hydroxyl groups excluding tert-OH is 2. The van der Waals surface area contributed by atoms with Crippen molar-refractivity contribution in [3.63, 3.8) is 0 Å². The highest BCUT2D eigenvalue weighted by Gasteiger charge is 2.33. The fraction of sp³-hybridized carbons (Fsp3) is 0.474. The van der Waals surface area contributed by atoms with E-state index in [0.29, 0.717) is 0 Å². The average Bonchev–Trinajstić information content (AvgIpc) is 3.42. The minimum atomic E-state index is -1.24. The largest absolute Gasteiger partial charge is 0.396 e. The molecule has 2 N–H and O–H groups in total. The van der Waals surface area contributed by atoms with Gasteiger partial charge in [0.15, 0.2) is 22.3 Å². The molecule has 0 radical (unpaired) electrons. The monoisotopic (exact) mass is 460 g/mol. The van der Waals surface area contributed by atoms with Crippen LogP contribution in [-0.2, 0) is 41.3 Å². The van der Waals surface area contributed by atoms with Gasteiger partial charge in [-0.15, -0.1) is 0 Å².